The van der Waals surface area contributed by atoms with Crippen molar-refractivity contribution in [3.63, 3.8) is 0 Å². The number of benzene rings is 1. The number of piperazine rings is 1. The number of phenols is 1. The highest BCUT2D eigenvalue weighted by molar-refractivity contribution is 5.96. The second-order valence-corrected chi connectivity index (χ2v) is 5.93. The molecule has 1 heterocycles. The summed E-state index contributed by atoms with van der Waals surface area (Å²) in [5, 5.41) is 9.72. The number of hydrogen-bond acceptors (Lipinski definition) is 3. The largest absolute Gasteiger partial charge is 0.507 e. The van der Waals surface area contributed by atoms with Crippen molar-refractivity contribution in [2.75, 3.05) is 26.2 Å². The molecule has 1 saturated carbocycles. The zero-order valence-electron chi connectivity index (χ0n) is 12.1. The van der Waals surface area contributed by atoms with Crippen molar-refractivity contribution in [1.29, 1.82) is 0 Å². The lowest BCUT2D eigenvalue weighted by atomic mass is 10.1. The number of rotatable bonds is 2. The predicted molar refractivity (Wildman–Crippen MR) is 77.8 cm³/mol. The van der Waals surface area contributed by atoms with Crippen molar-refractivity contribution in [3.05, 3.63) is 29.6 Å². The van der Waals surface area contributed by atoms with E-state index in [2.05, 4.69) is 4.90 Å². The van der Waals surface area contributed by atoms with Gasteiger partial charge in [0.05, 0.1) is 5.56 Å². The molecule has 2 fully saturated rings. The minimum Gasteiger partial charge on any atom is -0.507 e. The quantitative estimate of drug-likeness (QED) is 0.909. The van der Waals surface area contributed by atoms with E-state index in [1.165, 1.54) is 37.8 Å². The third-order valence-corrected chi connectivity index (χ3v) is 4.63. The molecule has 1 aromatic carbocycles. The van der Waals surface area contributed by atoms with Crippen LogP contribution in [0.1, 0.15) is 36.0 Å². The number of hydrogen-bond donors (Lipinski definition) is 1. The molecule has 1 N–H and O–H groups in total. The zero-order chi connectivity index (χ0) is 14.8. The molecule has 1 aromatic rings. The highest BCUT2D eigenvalue weighted by Gasteiger charge is 2.28. The van der Waals surface area contributed by atoms with Crippen molar-refractivity contribution >= 4 is 5.91 Å². The van der Waals surface area contributed by atoms with Crippen molar-refractivity contribution in [2.45, 2.75) is 31.7 Å². The fraction of sp³-hybridized carbons (Fsp3) is 0.562. The monoisotopic (exact) mass is 292 g/mol. The molecule has 0 spiro atoms. The third-order valence-electron chi connectivity index (χ3n) is 4.63. The summed E-state index contributed by atoms with van der Waals surface area (Å²) in [5.74, 6) is -1.02. The number of amides is 1. The summed E-state index contributed by atoms with van der Waals surface area (Å²) in [7, 11) is 0. The van der Waals surface area contributed by atoms with Crippen molar-refractivity contribution < 1.29 is 14.3 Å². The van der Waals surface area contributed by atoms with Gasteiger partial charge in [0.1, 0.15) is 11.6 Å². The molecule has 21 heavy (non-hydrogen) atoms. The van der Waals surface area contributed by atoms with Crippen LogP contribution in [0.15, 0.2) is 18.2 Å². The first-order valence-electron chi connectivity index (χ1n) is 7.67. The standard InChI is InChI=1S/C16H21FN2O2/c17-12-5-6-14(15(20)11-12)16(21)19-9-7-18(8-10-19)13-3-1-2-4-13/h5-6,11,13,20H,1-4,7-10H2. The topological polar surface area (TPSA) is 43.8 Å². The van der Waals surface area contributed by atoms with Crippen LogP contribution in [-0.4, -0.2) is 53.0 Å². The van der Waals surface area contributed by atoms with E-state index >= 15 is 0 Å². The molecule has 1 saturated heterocycles. The number of carbonyl (C=O) groups is 1. The summed E-state index contributed by atoms with van der Waals surface area (Å²) in [6, 6.07) is 4.24. The van der Waals surface area contributed by atoms with Crippen LogP contribution in [0.25, 0.3) is 0 Å². The molecule has 0 atom stereocenters. The molecule has 5 heteroatoms. The van der Waals surface area contributed by atoms with E-state index < -0.39 is 5.82 Å². The molecule has 0 aromatic heterocycles. The van der Waals surface area contributed by atoms with Crippen LogP contribution in [0.4, 0.5) is 4.39 Å². The zero-order valence-corrected chi connectivity index (χ0v) is 12.1. The summed E-state index contributed by atoms with van der Waals surface area (Å²) in [4.78, 5) is 16.6. The van der Waals surface area contributed by atoms with Gasteiger partial charge in [-0.15, -0.1) is 0 Å². The smallest absolute Gasteiger partial charge is 0.257 e. The van der Waals surface area contributed by atoms with E-state index in [-0.39, 0.29) is 17.2 Å². The molecule has 114 valence electrons. The summed E-state index contributed by atoms with van der Waals surface area (Å²) in [5.41, 5.74) is 0.186. The van der Waals surface area contributed by atoms with Gasteiger partial charge in [-0.05, 0) is 25.0 Å². The van der Waals surface area contributed by atoms with Gasteiger partial charge in [0, 0.05) is 38.3 Å². The van der Waals surface area contributed by atoms with E-state index in [9.17, 15) is 14.3 Å². The van der Waals surface area contributed by atoms with E-state index in [1.807, 2.05) is 0 Å². The lowest BCUT2D eigenvalue weighted by Crippen LogP contribution is -2.51. The first kappa shape index (κ1) is 14.3. The number of carbonyl (C=O) groups excluding carboxylic acids is 1. The minimum atomic E-state index is -0.532. The van der Waals surface area contributed by atoms with Crippen LogP contribution < -0.4 is 0 Å². The van der Waals surface area contributed by atoms with Gasteiger partial charge in [0.25, 0.3) is 5.91 Å². The van der Waals surface area contributed by atoms with Gasteiger partial charge < -0.3 is 10.0 Å². The normalized spacial score (nSPS) is 20.9. The maximum atomic E-state index is 13.0. The van der Waals surface area contributed by atoms with E-state index in [0.717, 1.165) is 19.2 Å². The Morgan fingerprint density at radius 1 is 1.14 bits per heavy atom. The van der Waals surface area contributed by atoms with Crippen molar-refractivity contribution in [3.8, 4) is 5.75 Å². The first-order valence-corrected chi connectivity index (χ1v) is 7.67. The molecule has 3 rings (SSSR count). The van der Waals surface area contributed by atoms with Crippen LogP contribution >= 0.6 is 0 Å². The Morgan fingerprint density at radius 3 is 2.43 bits per heavy atom. The van der Waals surface area contributed by atoms with Crippen LogP contribution in [0.5, 0.6) is 5.75 Å². The molecule has 1 aliphatic carbocycles. The highest BCUT2D eigenvalue weighted by Crippen LogP contribution is 2.25. The Balaban J connectivity index is 1.62. The predicted octanol–water partition coefficient (Wildman–Crippen LogP) is 2.23. The average molecular weight is 292 g/mol. The van der Waals surface area contributed by atoms with Gasteiger partial charge in [-0.25, -0.2) is 4.39 Å². The Hall–Kier alpha value is -1.62. The van der Waals surface area contributed by atoms with Gasteiger partial charge in [-0.3, -0.25) is 9.69 Å². The van der Waals surface area contributed by atoms with Crippen molar-refractivity contribution in [2.24, 2.45) is 0 Å². The highest BCUT2D eigenvalue weighted by atomic mass is 19.1. The Morgan fingerprint density at radius 2 is 1.81 bits per heavy atom. The van der Waals surface area contributed by atoms with E-state index in [4.69, 9.17) is 0 Å². The van der Waals surface area contributed by atoms with E-state index in [1.54, 1.807) is 4.90 Å². The summed E-state index contributed by atoms with van der Waals surface area (Å²) >= 11 is 0. The molecule has 2 aliphatic rings. The lowest BCUT2D eigenvalue weighted by molar-refractivity contribution is 0.0570. The fourth-order valence-corrected chi connectivity index (χ4v) is 3.42. The Bertz CT molecular complexity index is 521. The molecule has 0 radical (unpaired) electrons. The molecular weight excluding hydrogens is 271 g/mol. The molecular formula is C16H21FN2O2. The average Bonchev–Trinajstić information content (AvgIpc) is 3.01. The lowest BCUT2D eigenvalue weighted by Gasteiger charge is -2.38. The summed E-state index contributed by atoms with van der Waals surface area (Å²) in [6.45, 7) is 3.12. The number of aromatic hydroxyl groups is 1. The summed E-state index contributed by atoms with van der Waals surface area (Å²) in [6.07, 6.45) is 5.17. The maximum Gasteiger partial charge on any atom is 0.257 e. The number of nitrogens with zero attached hydrogens (tertiary/aromatic N) is 2. The van der Waals surface area contributed by atoms with Crippen LogP contribution in [0.3, 0.4) is 0 Å². The second kappa shape index (κ2) is 6.02. The van der Waals surface area contributed by atoms with Gasteiger partial charge in [0.15, 0.2) is 0 Å². The van der Waals surface area contributed by atoms with Crippen LogP contribution in [0, 0.1) is 5.82 Å². The minimum absolute atomic E-state index is 0.186. The Kier molecular flexibility index (Phi) is 4.10. The number of phenolic OH excluding ortho intramolecular Hbond substituents is 1. The van der Waals surface area contributed by atoms with Gasteiger partial charge in [0.2, 0.25) is 0 Å². The maximum absolute atomic E-state index is 13.0. The van der Waals surface area contributed by atoms with Crippen molar-refractivity contribution in [1.82, 2.24) is 9.80 Å². The summed E-state index contributed by atoms with van der Waals surface area (Å²) < 4.78 is 13.0. The third kappa shape index (κ3) is 3.02. The number of halogens is 1. The molecule has 1 aliphatic heterocycles. The second-order valence-electron chi connectivity index (χ2n) is 5.93. The van der Waals surface area contributed by atoms with Crippen LogP contribution in [0.2, 0.25) is 0 Å². The first-order chi connectivity index (χ1) is 10.1. The molecule has 4 nitrogen and oxygen atoms in total. The van der Waals surface area contributed by atoms with Gasteiger partial charge in [-0.1, -0.05) is 12.8 Å². The van der Waals surface area contributed by atoms with Crippen LogP contribution in [-0.2, 0) is 0 Å². The van der Waals surface area contributed by atoms with E-state index in [0.29, 0.717) is 19.1 Å². The molecule has 0 bridgehead atoms. The van der Waals surface area contributed by atoms with Gasteiger partial charge >= 0.3 is 0 Å². The van der Waals surface area contributed by atoms with Gasteiger partial charge in [-0.2, -0.15) is 0 Å². The SMILES string of the molecule is O=C(c1ccc(F)cc1O)N1CCN(C2CCCC2)CC1. The molecule has 1 amide bonds. The Labute approximate surface area is 124 Å². The molecule has 0 unspecified atom stereocenters. The fourth-order valence-electron chi connectivity index (χ4n) is 3.42.